The molecular weight excluding hydrogens is 342 g/mol. The third kappa shape index (κ3) is 2.71. The zero-order chi connectivity index (χ0) is 19.1. The Morgan fingerprint density at radius 1 is 1.38 bits per heavy atom. The van der Waals surface area contributed by atoms with Crippen LogP contribution in [0.4, 0.5) is 5.82 Å². The molecule has 0 amide bonds. The quantitative estimate of drug-likeness (QED) is 0.507. The summed E-state index contributed by atoms with van der Waals surface area (Å²) in [6.07, 6.45) is -3.32. The Labute approximate surface area is 148 Å². The van der Waals surface area contributed by atoms with Gasteiger partial charge < -0.3 is 25.8 Å². The van der Waals surface area contributed by atoms with E-state index in [2.05, 4.69) is 4.98 Å². The van der Waals surface area contributed by atoms with Crippen LogP contribution in [0.1, 0.15) is 22.1 Å². The number of aliphatic hydroxyl groups excluding tert-OH is 2. The summed E-state index contributed by atoms with van der Waals surface area (Å²) in [5, 5.41) is 31.0. The van der Waals surface area contributed by atoms with Crippen LogP contribution in [0.3, 0.4) is 0 Å². The maximum Gasteiger partial charge on any atom is 0.351 e. The monoisotopic (exact) mass is 361 g/mol. The Bertz CT molecular complexity index is 884. The highest BCUT2D eigenvalue weighted by molar-refractivity contribution is 6.03. The van der Waals surface area contributed by atoms with E-state index in [1.165, 1.54) is 18.3 Å². The van der Waals surface area contributed by atoms with Crippen LogP contribution in [0.5, 0.6) is 0 Å². The van der Waals surface area contributed by atoms with Gasteiger partial charge in [-0.2, -0.15) is 4.98 Å². The number of aryl methyl sites for hydroxylation is 1. The molecule has 1 aromatic heterocycles. The van der Waals surface area contributed by atoms with Gasteiger partial charge in [-0.25, -0.2) is 4.79 Å². The van der Waals surface area contributed by atoms with E-state index in [1.807, 2.05) is 0 Å². The topological polar surface area (TPSA) is 148 Å². The molecule has 3 rings (SSSR count). The van der Waals surface area contributed by atoms with E-state index in [0.717, 1.165) is 4.57 Å². The SMILES string of the molecule is Cc1cn([C@@H]2O[C@H](CO)[C@@H](O)[C@@]2(O)C(=O)c2ccccc2)c(=O)nc1N. The number of hydrogen-bond acceptors (Lipinski definition) is 8. The van der Waals surface area contributed by atoms with Crippen molar-refractivity contribution < 1.29 is 24.9 Å². The maximum atomic E-state index is 13.0. The van der Waals surface area contributed by atoms with Crippen molar-refractivity contribution in [1.29, 1.82) is 0 Å². The summed E-state index contributed by atoms with van der Waals surface area (Å²) in [5.41, 5.74) is 2.79. The first-order valence-corrected chi connectivity index (χ1v) is 7.92. The minimum Gasteiger partial charge on any atom is -0.394 e. The smallest absolute Gasteiger partial charge is 0.351 e. The number of carbonyl (C=O) groups is 1. The van der Waals surface area contributed by atoms with Crippen LogP contribution in [0.25, 0.3) is 0 Å². The first-order chi connectivity index (χ1) is 12.3. The molecule has 26 heavy (non-hydrogen) atoms. The van der Waals surface area contributed by atoms with Gasteiger partial charge in [0.25, 0.3) is 0 Å². The lowest BCUT2D eigenvalue weighted by molar-refractivity contribution is -0.0859. The van der Waals surface area contributed by atoms with Crippen molar-refractivity contribution in [3.05, 3.63) is 58.1 Å². The Kier molecular flexibility index (Phi) is 4.63. The average Bonchev–Trinajstić information content (AvgIpc) is 2.90. The van der Waals surface area contributed by atoms with Crippen molar-refractivity contribution in [2.75, 3.05) is 12.3 Å². The minimum absolute atomic E-state index is 0.00132. The van der Waals surface area contributed by atoms with Crippen molar-refractivity contribution in [3.8, 4) is 0 Å². The number of aliphatic hydroxyl groups is 3. The van der Waals surface area contributed by atoms with E-state index in [-0.39, 0.29) is 11.4 Å². The zero-order valence-electron chi connectivity index (χ0n) is 13.9. The van der Waals surface area contributed by atoms with Gasteiger partial charge >= 0.3 is 5.69 Å². The van der Waals surface area contributed by atoms with E-state index in [9.17, 15) is 24.9 Å². The Morgan fingerprint density at radius 3 is 2.65 bits per heavy atom. The molecule has 5 N–H and O–H groups in total. The Balaban J connectivity index is 2.15. The third-order valence-electron chi connectivity index (χ3n) is 4.49. The van der Waals surface area contributed by atoms with Gasteiger partial charge in [-0.15, -0.1) is 0 Å². The number of hydrogen-bond donors (Lipinski definition) is 4. The lowest BCUT2D eigenvalue weighted by Crippen LogP contribution is -2.54. The Hall–Kier alpha value is -2.59. The number of nitrogens with zero attached hydrogens (tertiary/aromatic N) is 2. The standard InChI is InChI=1S/C17H19N3O6/c1-9-7-20(16(24)19-14(9)18)15-17(25,13(23)11(8-21)26-15)12(22)10-5-3-2-4-6-10/h2-7,11,13,15,21,23,25H,8H2,1H3,(H2,18,19,24)/t11-,13-,15-,17+/m1/s1. The summed E-state index contributed by atoms with van der Waals surface area (Å²) in [4.78, 5) is 28.8. The van der Waals surface area contributed by atoms with Crippen LogP contribution < -0.4 is 11.4 Å². The summed E-state index contributed by atoms with van der Waals surface area (Å²) in [6, 6.07) is 7.81. The van der Waals surface area contributed by atoms with Gasteiger partial charge in [0, 0.05) is 17.3 Å². The number of nitrogens with two attached hydrogens (primary N) is 1. The molecule has 0 bridgehead atoms. The predicted octanol–water partition coefficient (Wildman–Crippen LogP) is -1.00. The molecule has 0 aliphatic carbocycles. The molecule has 1 saturated heterocycles. The molecule has 2 aromatic rings. The summed E-state index contributed by atoms with van der Waals surface area (Å²) in [5.74, 6) is -0.839. The summed E-state index contributed by atoms with van der Waals surface area (Å²) in [6.45, 7) is 0.934. The van der Waals surface area contributed by atoms with Crippen LogP contribution in [0.2, 0.25) is 0 Å². The molecule has 1 aliphatic heterocycles. The molecule has 9 nitrogen and oxygen atoms in total. The first-order valence-electron chi connectivity index (χ1n) is 7.92. The van der Waals surface area contributed by atoms with E-state index < -0.39 is 42.1 Å². The maximum absolute atomic E-state index is 13.0. The van der Waals surface area contributed by atoms with E-state index >= 15 is 0 Å². The van der Waals surface area contributed by atoms with E-state index in [4.69, 9.17) is 10.5 Å². The van der Waals surface area contributed by atoms with Gasteiger partial charge in [0.15, 0.2) is 6.23 Å². The third-order valence-corrected chi connectivity index (χ3v) is 4.49. The largest absolute Gasteiger partial charge is 0.394 e. The second kappa shape index (κ2) is 6.61. The van der Waals surface area contributed by atoms with Crippen LogP contribution >= 0.6 is 0 Å². The second-order valence-corrected chi connectivity index (χ2v) is 6.17. The molecular formula is C17H19N3O6. The van der Waals surface area contributed by atoms with Gasteiger partial charge in [-0.05, 0) is 6.92 Å². The number of nitrogen functional groups attached to an aromatic ring is 1. The van der Waals surface area contributed by atoms with Crippen molar-refractivity contribution >= 4 is 11.6 Å². The van der Waals surface area contributed by atoms with Gasteiger partial charge in [0.2, 0.25) is 11.4 Å². The molecule has 0 unspecified atom stereocenters. The van der Waals surface area contributed by atoms with Crippen molar-refractivity contribution in [1.82, 2.24) is 9.55 Å². The van der Waals surface area contributed by atoms with E-state index in [1.54, 1.807) is 25.1 Å². The zero-order valence-corrected chi connectivity index (χ0v) is 13.9. The highest BCUT2D eigenvalue weighted by Crippen LogP contribution is 2.40. The molecule has 2 heterocycles. The molecule has 1 aliphatic rings. The molecule has 4 atom stereocenters. The first kappa shape index (κ1) is 18.2. The number of rotatable bonds is 4. The second-order valence-electron chi connectivity index (χ2n) is 6.17. The molecule has 9 heteroatoms. The number of anilines is 1. The van der Waals surface area contributed by atoms with Gasteiger partial charge in [-0.1, -0.05) is 30.3 Å². The highest BCUT2D eigenvalue weighted by Gasteiger charge is 2.61. The summed E-state index contributed by atoms with van der Waals surface area (Å²) in [7, 11) is 0. The van der Waals surface area contributed by atoms with Gasteiger partial charge in [-0.3, -0.25) is 9.36 Å². The minimum atomic E-state index is -2.50. The fourth-order valence-electron chi connectivity index (χ4n) is 3.01. The lowest BCUT2D eigenvalue weighted by atomic mass is 9.85. The van der Waals surface area contributed by atoms with Gasteiger partial charge in [0.05, 0.1) is 6.61 Å². The summed E-state index contributed by atoms with van der Waals surface area (Å²) < 4.78 is 6.35. The lowest BCUT2D eigenvalue weighted by Gasteiger charge is -2.30. The number of benzene rings is 1. The normalized spacial score (nSPS) is 28.2. The van der Waals surface area contributed by atoms with Crippen LogP contribution in [0, 0.1) is 6.92 Å². The van der Waals surface area contributed by atoms with Crippen LogP contribution in [-0.4, -0.2) is 55.1 Å². The molecule has 0 saturated carbocycles. The van der Waals surface area contributed by atoms with Gasteiger partial charge in [0.1, 0.15) is 18.0 Å². The number of Topliss-reactive ketones (excluding diaryl/α,β-unsaturated/α-hetero) is 1. The predicted molar refractivity (Wildman–Crippen MR) is 90.4 cm³/mol. The molecule has 0 spiro atoms. The van der Waals surface area contributed by atoms with Crippen LogP contribution in [-0.2, 0) is 4.74 Å². The fraction of sp³-hybridized carbons (Fsp3) is 0.353. The molecule has 138 valence electrons. The summed E-state index contributed by atoms with van der Waals surface area (Å²) >= 11 is 0. The van der Waals surface area contributed by atoms with Crippen molar-refractivity contribution in [2.45, 2.75) is 31.0 Å². The van der Waals surface area contributed by atoms with Crippen molar-refractivity contribution in [3.63, 3.8) is 0 Å². The van der Waals surface area contributed by atoms with Crippen molar-refractivity contribution in [2.24, 2.45) is 0 Å². The number of ketones is 1. The molecule has 0 radical (unpaired) electrons. The highest BCUT2D eigenvalue weighted by atomic mass is 16.6. The fourth-order valence-corrected chi connectivity index (χ4v) is 3.01. The number of carbonyl (C=O) groups excluding carboxylic acids is 1. The van der Waals surface area contributed by atoms with E-state index in [0.29, 0.717) is 5.56 Å². The molecule has 1 fully saturated rings. The average molecular weight is 361 g/mol. The number of ether oxygens (including phenoxy) is 1. The number of aromatic nitrogens is 2. The Morgan fingerprint density at radius 2 is 2.04 bits per heavy atom. The van der Waals surface area contributed by atoms with Crippen LogP contribution in [0.15, 0.2) is 41.3 Å². The molecule has 1 aromatic carbocycles.